The van der Waals surface area contributed by atoms with Crippen LogP contribution in [0.3, 0.4) is 0 Å². The fourth-order valence-corrected chi connectivity index (χ4v) is 7.15. The number of carboxylic acid groups (broad SMARTS) is 1. The van der Waals surface area contributed by atoms with Gasteiger partial charge < -0.3 is 25.3 Å². The Morgan fingerprint density at radius 1 is 1.00 bits per heavy atom. The van der Waals surface area contributed by atoms with Crippen molar-refractivity contribution in [1.29, 1.82) is 0 Å². The van der Waals surface area contributed by atoms with Crippen molar-refractivity contribution in [3.8, 4) is 11.5 Å². The molecule has 6 rings (SSSR count). The average Bonchev–Trinajstić information content (AvgIpc) is 3.78. The molecule has 4 N–H and O–H groups in total. The topological polar surface area (TPSA) is 129 Å². The molecule has 0 spiro atoms. The zero-order chi connectivity index (χ0) is 30.8. The van der Waals surface area contributed by atoms with Crippen molar-refractivity contribution in [3.63, 3.8) is 0 Å². The molecule has 2 amide bonds. The standard InChI is InChI=1S/C35H39N5O4/c1-22-7-5-8-23(2)31(22)40-29-16-13-25(21-28(29)38-32(40)27-9-6-20-36-27)33(43)39-35(18-3-4-19-35)34(44)37-26-14-10-24(11-15-26)12-17-30(41)42/h6,9-17,20-23,31,36H,3-5,7-8,18-19H2,1-2H3,(H,37,44)(H,39,43)(H,41,42)/b17-12+/t22-,23-/m0/s1. The number of fused-ring (bicyclic) bond motifs is 1. The molecule has 0 saturated heterocycles. The maximum atomic E-state index is 13.7. The number of amides is 2. The fourth-order valence-electron chi connectivity index (χ4n) is 7.15. The highest BCUT2D eigenvalue weighted by atomic mass is 16.4. The van der Waals surface area contributed by atoms with Crippen LogP contribution in [0.2, 0.25) is 0 Å². The highest BCUT2D eigenvalue weighted by molar-refractivity contribution is 6.05. The first-order valence-electron chi connectivity index (χ1n) is 15.5. The van der Waals surface area contributed by atoms with E-state index in [-0.39, 0.29) is 11.8 Å². The Labute approximate surface area is 256 Å². The van der Waals surface area contributed by atoms with Gasteiger partial charge in [0.1, 0.15) is 5.54 Å². The minimum Gasteiger partial charge on any atom is -0.478 e. The van der Waals surface area contributed by atoms with Crippen molar-refractivity contribution >= 4 is 40.6 Å². The van der Waals surface area contributed by atoms with Gasteiger partial charge in [0.25, 0.3) is 5.91 Å². The number of H-pyrrole nitrogens is 1. The van der Waals surface area contributed by atoms with E-state index in [1.807, 2.05) is 36.5 Å². The molecule has 2 saturated carbocycles. The lowest BCUT2D eigenvalue weighted by Crippen LogP contribution is -2.55. The Kier molecular flexibility index (Phi) is 8.12. The third-order valence-electron chi connectivity index (χ3n) is 9.41. The van der Waals surface area contributed by atoms with Gasteiger partial charge in [0.15, 0.2) is 5.82 Å². The van der Waals surface area contributed by atoms with Crippen LogP contribution in [-0.4, -0.2) is 43.0 Å². The first-order valence-corrected chi connectivity index (χ1v) is 15.5. The Bertz CT molecular complexity index is 1690. The maximum absolute atomic E-state index is 13.7. The van der Waals surface area contributed by atoms with Crippen molar-refractivity contribution in [1.82, 2.24) is 19.9 Å². The van der Waals surface area contributed by atoms with E-state index in [0.29, 0.717) is 47.5 Å². The molecule has 2 atom stereocenters. The number of nitrogens with zero attached hydrogens (tertiary/aromatic N) is 2. The van der Waals surface area contributed by atoms with Crippen LogP contribution in [-0.2, 0) is 9.59 Å². The summed E-state index contributed by atoms with van der Waals surface area (Å²) in [6.07, 6.45) is 10.8. The van der Waals surface area contributed by atoms with Gasteiger partial charge in [-0.05, 0) is 91.6 Å². The van der Waals surface area contributed by atoms with Crippen LogP contribution in [0.25, 0.3) is 28.6 Å². The second-order valence-electron chi connectivity index (χ2n) is 12.5. The molecule has 44 heavy (non-hydrogen) atoms. The Morgan fingerprint density at radius 3 is 2.39 bits per heavy atom. The average molecular weight is 594 g/mol. The predicted molar refractivity (Wildman–Crippen MR) is 171 cm³/mol. The molecule has 2 fully saturated rings. The van der Waals surface area contributed by atoms with E-state index in [9.17, 15) is 14.4 Å². The second-order valence-corrected chi connectivity index (χ2v) is 12.5. The summed E-state index contributed by atoms with van der Waals surface area (Å²) >= 11 is 0. The molecule has 0 unspecified atom stereocenters. The van der Waals surface area contributed by atoms with Crippen molar-refractivity contribution in [2.24, 2.45) is 11.8 Å². The molecule has 2 heterocycles. The molecule has 0 radical (unpaired) electrons. The third-order valence-corrected chi connectivity index (χ3v) is 9.41. The number of imidazole rings is 1. The van der Waals surface area contributed by atoms with Crippen LogP contribution in [0.4, 0.5) is 5.69 Å². The third kappa shape index (κ3) is 5.78. The lowest BCUT2D eigenvalue weighted by atomic mass is 9.78. The largest absolute Gasteiger partial charge is 0.478 e. The monoisotopic (exact) mass is 593 g/mol. The molecule has 2 aromatic carbocycles. The van der Waals surface area contributed by atoms with Gasteiger partial charge in [0.2, 0.25) is 5.91 Å². The van der Waals surface area contributed by atoms with Crippen molar-refractivity contribution in [2.45, 2.75) is 70.4 Å². The minimum atomic E-state index is -1.02. The van der Waals surface area contributed by atoms with Crippen LogP contribution in [0.5, 0.6) is 0 Å². The number of carboxylic acids is 1. The molecule has 228 valence electrons. The number of aromatic amines is 1. The van der Waals surface area contributed by atoms with Crippen LogP contribution in [0, 0.1) is 11.8 Å². The van der Waals surface area contributed by atoms with Gasteiger partial charge in [-0.15, -0.1) is 0 Å². The fraction of sp³-hybridized carbons (Fsp3) is 0.371. The Hall–Kier alpha value is -4.66. The maximum Gasteiger partial charge on any atom is 0.328 e. The Morgan fingerprint density at radius 2 is 1.73 bits per heavy atom. The van der Waals surface area contributed by atoms with Crippen LogP contribution in [0.1, 0.15) is 80.8 Å². The summed E-state index contributed by atoms with van der Waals surface area (Å²) in [6.45, 7) is 4.65. The summed E-state index contributed by atoms with van der Waals surface area (Å²) in [6, 6.07) is 16.9. The van der Waals surface area contributed by atoms with E-state index >= 15 is 0 Å². The summed E-state index contributed by atoms with van der Waals surface area (Å²) in [5, 5.41) is 14.9. The van der Waals surface area contributed by atoms with E-state index < -0.39 is 11.5 Å². The van der Waals surface area contributed by atoms with Crippen molar-refractivity contribution in [3.05, 3.63) is 78.0 Å². The van der Waals surface area contributed by atoms with Crippen LogP contribution in [0.15, 0.2) is 66.9 Å². The van der Waals surface area contributed by atoms with Gasteiger partial charge in [-0.3, -0.25) is 9.59 Å². The first kappa shape index (κ1) is 29.4. The molecule has 0 bridgehead atoms. The molecule has 9 nitrogen and oxygen atoms in total. The molecule has 2 aromatic heterocycles. The zero-order valence-electron chi connectivity index (χ0n) is 25.2. The van der Waals surface area contributed by atoms with Gasteiger partial charge in [-0.2, -0.15) is 0 Å². The molecular weight excluding hydrogens is 554 g/mol. The molecule has 4 aromatic rings. The minimum absolute atomic E-state index is 0.253. The highest BCUT2D eigenvalue weighted by Crippen LogP contribution is 2.42. The number of hydrogen-bond acceptors (Lipinski definition) is 4. The number of rotatable bonds is 8. The van der Waals surface area contributed by atoms with Gasteiger partial charge in [-0.25, -0.2) is 9.78 Å². The van der Waals surface area contributed by atoms with Gasteiger partial charge in [0.05, 0.1) is 16.7 Å². The SMILES string of the molecule is C[C@H]1CCC[C@H](C)C1n1c(-c2ccc[nH]2)nc2cc(C(=O)NC3(C(=O)Nc4ccc(/C=C/C(=O)O)cc4)CCCC3)ccc21. The summed E-state index contributed by atoms with van der Waals surface area (Å²) in [5.41, 5.74) is 3.46. The van der Waals surface area contributed by atoms with E-state index in [0.717, 1.165) is 41.5 Å². The number of carbonyl (C=O) groups is 3. The molecule has 2 aliphatic carbocycles. The first-order chi connectivity index (χ1) is 21.2. The predicted octanol–water partition coefficient (Wildman–Crippen LogP) is 6.81. The lowest BCUT2D eigenvalue weighted by Gasteiger charge is -2.36. The number of benzene rings is 2. The van der Waals surface area contributed by atoms with Crippen molar-refractivity contribution < 1.29 is 19.5 Å². The summed E-state index contributed by atoms with van der Waals surface area (Å²) in [4.78, 5) is 46.5. The molecule has 2 aliphatic rings. The molecule has 9 heteroatoms. The summed E-state index contributed by atoms with van der Waals surface area (Å²) in [5.74, 6) is 0.315. The number of aliphatic carboxylic acids is 1. The molecular formula is C35H39N5O4. The smallest absolute Gasteiger partial charge is 0.328 e. The highest BCUT2D eigenvalue weighted by Gasteiger charge is 2.43. The summed E-state index contributed by atoms with van der Waals surface area (Å²) < 4.78 is 2.37. The Balaban J connectivity index is 1.26. The van der Waals surface area contributed by atoms with Gasteiger partial charge in [-0.1, -0.05) is 45.2 Å². The number of hydrogen-bond donors (Lipinski definition) is 4. The lowest BCUT2D eigenvalue weighted by molar-refractivity contribution is -0.131. The van der Waals surface area contributed by atoms with E-state index in [4.69, 9.17) is 10.1 Å². The second kappa shape index (κ2) is 12.1. The normalized spacial score (nSPS) is 20.2. The summed E-state index contributed by atoms with van der Waals surface area (Å²) in [7, 11) is 0. The number of aromatic nitrogens is 3. The van der Waals surface area contributed by atoms with E-state index in [1.54, 1.807) is 24.3 Å². The quantitative estimate of drug-likeness (QED) is 0.167. The zero-order valence-corrected chi connectivity index (χ0v) is 25.2. The van der Waals surface area contributed by atoms with E-state index in [1.165, 1.54) is 25.3 Å². The molecule has 0 aliphatic heterocycles. The van der Waals surface area contributed by atoms with Crippen LogP contribution >= 0.6 is 0 Å². The van der Waals surface area contributed by atoms with Gasteiger partial charge >= 0.3 is 5.97 Å². The number of anilines is 1. The number of carbonyl (C=O) groups excluding carboxylic acids is 2. The number of nitrogens with one attached hydrogen (secondary N) is 3. The van der Waals surface area contributed by atoms with E-state index in [2.05, 4.69) is 34.0 Å². The van der Waals surface area contributed by atoms with Gasteiger partial charge in [0, 0.05) is 29.6 Å². The van der Waals surface area contributed by atoms with Crippen molar-refractivity contribution in [2.75, 3.05) is 5.32 Å². The van der Waals surface area contributed by atoms with Crippen LogP contribution < -0.4 is 10.6 Å².